The number of ether oxygens (including phenoxy) is 1. The Hall–Kier alpha value is -2.47. The van der Waals surface area contributed by atoms with Crippen LogP contribution in [0.4, 0.5) is 8.78 Å². The first-order valence-electron chi connectivity index (χ1n) is 8.42. The number of halogens is 2. The first-order valence-corrected chi connectivity index (χ1v) is 8.42. The third-order valence-electron chi connectivity index (χ3n) is 5.08. The highest BCUT2D eigenvalue weighted by Crippen LogP contribution is 2.51. The molecule has 2 aromatic carbocycles. The number of para-hydroxylation sites is 1. The van der Waals surface area contributed by atoms with E-state index in [1.807, 2.05) is 0 Å². The van der Waals surface area contributed by atoms with Gasteiger partial charge in [0.15, 0.2) is 11.6 Å². The average molecular weight is 362 g/mol. The molecule has 0 radical (unpaired) electrons. The fraction of sp³-hybridized carbons (Fsp3) is 0.350. The molecule has 6 heteroatoms. The van der Waals surface area contributed by atoms with Crippen molar-refractivity contribution in [3.63, 3.8) is 0 Å². The van der Waals surface area contributed by atoms with Gasteiger partial charge in [0.1, 0.15) is 11.9 Å². The van der Waals surface area contributed by atoms with Crippen molar-refractivity contribution in [2.75, 3.05) is 0 Å². The lowest BCUT2D eigenvalue weighted by atomic mass is 9.71. The molecule has 0 bridgehead atoms. The van der Waals surface area contributed by atoms with Gasteiger partial charge >= 0.3 is 5.97 Å². The maximum atomic E-state index is 14.2. The molecule has 26 heavy (non-hydrogen) atoms. The van der Waals surface area contributed by atoms with Gasteiger partial charge in [0.05, 0.1) is 0 Å². The van der Waals surface area contributed by atoms with E-state index in [9.17, 15) is 18.7 Å². The molecule has 0 aromatic heterocycles. The number of rotatable bonds is 7. The smallest absolute Gasteiger partial charge is 0.341 e. The molecule has 1 saturated carbocycles. The van der Waals surface area contributed by atoms with Crippen LogP contribution in [0.2, 0.25) is 0 Å². The molecule has 2 N–H and O–H groups in total. The number of hydrogen-bond acceptors (Lipinski definition) is 3. The molecule has 138 valence electrons. The summed E-state index contributed by atoms with van der Waals surface area (Å²) in [6, 6.07) is 12.7. The van der Waals surface area contributed by atoms with Crippen molar-refractivity contribution in [1.82, 2.24) is 0 Å². The lowest BCUT2D eigenvalue weighted by Gasteiger charge is -2.36. The minimum Gasteiger partial charge on any atom is -0.479 e. The Morgan fingerprint density at radius 1 is 1.23 bits per heavy atom. The molecular weight excluding hydrogens is 342 g/mol. The second kappa shape index (κ2) is 7.03. The molecule has 0 amide bonds. The molecule has 0 heterocycles. The van der Waals surface area contributed by atoms with E-state index in [1.165, 1.54) is 18.2 Å². The fourth-order valence-corrected chi connectivity index (χ4v) is 3.30. The van der Waals surface area contributed by atoms with Gasteiger partial charge in [-0.05, 0) is 48.6 Å². The van der Waals surface area contributed by atoms with Crippen molar-refractivity contribution >= 4 is 5.97 Å². The van der Waals surface area contributed by atoms with Gasteiger partial charge in [-0.15, -0.1) is 0 Å². The number of aliphatic hydroxyl groups excluding tert-OH is 1. The molecule has 0 saturated heterocycles. The summed E-state index contributed by atoms with van der Waals surface area (Å²) in [6.45, 7) is 1.62. The zero-order chi connectivity index (χ0) is 18.9. The Labute approximate surface area is 150 Å². The van der Waals surface area contributed by atoms with Crippen molar-refractivity contribution in [2.24, 2.45) is 5.92 Å². The number of carboxylic acids is 1. The first kappa shape index (κ1) is 18.3. The average Bonchev–Trinajstić information content (AvgIpc) is 3.48. The van der Waals surface area contributed by atoms with Crippen LogP contribution in [-0.2, 0) is 10.2 Å². The number of alkyl halides is 1. The largest absolute Gasteiger partial charge is 0.479 e. The van der Waals surface area contributed by atoms with Gasteiger partial charge in [-0.3, -0.25) is 0 Å². The van der Waals surface area contributed by atoms with E-state index >= 15 is 0 Å². The van der Waals surface area contributed by atoms with E-state index < -0.39 is 29.5 Å². The topological polar surface area (TPSA) is 66.8 Å². The molecule has 3 rings (SSSR count). The van der Waals surface area contributed by atoms with Gasteiger partial charge in [-0.1, -0.05) is 31.2 Å². The van der Waals surface area contributed by atoms with Gasteiger partial charge in [0, 0.05) is 5.41 Å². The summed E-state index contributed by atoms with van der Waals surface area (Å²) in [5, 5.41) is 19.4. The van der Waals surface area contributed by atoms with Crippen LogP contribution in [0.15, 0.2) is 48.5 Å². The molecule has 2 aromatic rings. The normalized spacial score (nSPS) is 18.6. The van der Waals surface area contributed by atoms with Gasteiger partial charge in [0.2, 0.25) is 6.17 Å². The predicted molar refractivity (Wildman–Crippen MR) is 91.5 cm³/mol. The maximum Gasteiger partial charge on any atom is 0.341 e. The zero-order valence-corrected chi connectivity index (χ0v) is 14.2. The van der Waals surface area contributed by atoms with E-state index in [0.717, 1.165) is 12.8 Å². The summed E-state index contributed by atoms with van der Waals surface area (Å²) in [7, 11) is 0. The summed E-state index contributed by atoms with van der Waals surface area (Å²) in [5.41, 5.74) is -0.705. The van der Waals surface area contributed by atoms with E-state index in [-0.39, 0.29) is 11.7 Å². The summed E-state index contributed by atoms with van der Waals surface area (Å²) in [6.07, 6.45) is -2.69. The minimum absolute atomic E-state index is 0.0569. The third-order valence-corrected chi connectivity index (χ3v) is 5.08. The Bertz CT molecular complexity index is 792. The molecular formula is C20H20F2O4. The van der Waals surface area contributed by atoms with Crippen LogP contribution in [0.1, 0.15) is 25.3 Å². The van der Waals surface area contributed by atoms with Gasteiger partial charge in [0.25, 0.3) is 0 Å². The zero-order valence-electron chi connectivity index (χ0n) is 14.2. The maximum absolute atomic E-state index is 14.2. The quantitative estimate of drug-likeness (QED) is 0.779. The minimum atomic E-state index is -2.43. The van der Waals surface area contributed by atoms with Crippen LogP contribution in [0, 0.1) is 11.7 Å². The van der Waals surface area contributed by atoms with Crippen LogP contribution in [0.25, 0.3) is 0 Å². The summed E-state index contributed by atoms with van der Waals surface area (Å²) >= 11 is 0. The van der Waals surface area contributed by atoms with Crippen LogP contribution < -0.4 is 4.74 Å². The number of benzene rings is 2. The predicted octanol–water partition coefficient (Wildman–Crippen LogP) is 4.07. The first-order chi connectivity index (χ1) is 12.3. The van der Waals surface area contributed by atoms with Gasteiger partial charge in [-0.25, -0.2) is 13.6 Å². The molecule has 3 atom stereocenters. The second-order valence-electron chi connectivity index (χ2n) is 6.80. The number of hydrogen-bond donors (Lipinski definition) is 2. The Morgan fingerprint density at radius 3 is 2.46 bits per heavy atom. The highest BCUT2D eigenvalue weighted by atomic mass is 19.1. The highest BCUT2D eigenvalue weighted by molar-refractivity contribution is 5.73. The van der Waals surface area contributed by atoms with Crippen LogP contribution in [-0.4, -0.2) is 28.5 Å². The third kappa shape index (κ3) is 3.42. The Kier molecular flexibility index (Phi) is 4.96. The second-order valence-corrected chi connectivity index (χ2v) is 6.80. The number of carboxylic acid groups (broad SMARTS) is 1. The van der Waals surface area contributed by atoms with E-state index in [2.05, 4.69) is 0 Å². The van der Waals surface area contributed by atoms with Crippen molar-refractivity contribution in [3.05, 3.63) is 59.9 Å². The van der Waals surface area contributed by atoms with Crippen molar-refractivity contribution < 1.29 is 28.5 Å². The molecule has 0 aliphatic heterocycles. The number of aliphatic carboxylic acids is 1. The number of aliphatic hydroxyl groups is 1. The summed E-state index contributed by atoms with van der Waals surface area (Å²) in [4.78, 5) is 11.0. The lowest BCUT2D eigenvalue weighted by Crippen LogP contribution is -2.47. The molecule has 1 aliphatic rings. The van der Waals surface area contributed by atoms with Crippen LogP contribution in [0.5, 0.6) is 11.5 Å². The molecule has 1 fully saturated rings. The SMILES string of the molecule is CC(c1ccc(F)c(Oc2ccccc2)c1)(C1CC1)C(O)C(F)C(=O)O. The van der Waals surface area contributed by atoms with Gasteiger partial charge in [-0.2, -0.15) is 0 Å². The Balaban J connectivity index is 1.98. The van der Waals surface area contributed by atoms with Crippen LogP contribution in [0.3, 0.4) is 0 Å². The molecule has 0 spiro atoms. The highest BCUT2D eigenvalue weighted by Gasteiger charge is 2.52. The molecule has 3 unspecified atom stereocenters. The van der Waals surface area contributed by atoms with Crippen molar-refractivity contribution in [1.29, 1.82) is 0 Å². The standard InChI is InChI=1S/C20H20F2O4/c1-20(12-7-8-12,18(23)17(22)19(24)25)13-9-10-15(21)16(11-13)26-14-5-3-2-4-6-14/h2-6,9-12,17-18,23H,7-8H2,1H3,(H,24,25). The monoisotopic (exact) mass is 362 g/mol. The van der Waals surface area contributed by atoms with E-state index in [4.69, 9.17) is 9.84 Å². The van der Waals surface area contributed by atoms with E-state index in [1.54, 1.807) is 37.3 Å². The van der Waals surface area contributed by atoms with Gasteiger partial charge < -0.3 is 14.9 Å². The van der Waals surface area contributed by atoms with Crippen LogP contribution >= 0.6 is 0 Å². The van der Waals surface area contributed by atoms with E-state index in [0.29, 0.717) is 11.3 Å². The Morgan fingerprint density at radius 2 is 1.88 bits per heavy atom. The fourth-order valence-electron chi connectivity index (χ4n) is 3.30. The van der Waals surface area contributed by atoms with Crippen molar-refractivity contribution in [2.45, 2.75) is 37.5 Å². The number of carbonyl (C=O) groups is 1. The summed E-state index contributed by atoms with van der Waals surface area (Å²) in [5.74, 6) is -2.01. The van der Waals surface area contributed by atoms with Crippen molar-refractivity contribution in [3.8, 4) is 11.5 Å². The summed E-state index contributed by atoms with van der Waals surface area (Å²) < 4.78 is 33.8. The molecule has 4 nitrogen and oxygen atoms in total. The molecule has 1 aliphatic carbocycles. The lowest BCUT2D eigenvalue weighted by molar-refractivity contribution is -0.149.